The van der Waals surface area contributed by atoms with Crippen molar-refractivity contribution >= 4 is 0 Å². The molecular formula is C21H25N3O2. The molecular weight excluding hydrogens is 326 g/mol. The molecule has 2 saturated heterocycles. The van der Waals surface area contributed by atoms with E-state index in [2.05, 4.69) is 27.9 Å². The van der Waals surface area contributed by atoms with E-state index in [1.165, 1.54) is 5.56 Å². The third-order valence-electron chi connectivity index (χ3n) is 5.74. The molecule has 4 rings (SSSR count). The number of aliphatic hydroxyl groups is 1. The molecule has 5 nitrogen and oxygen atoms in total. The first-order valence-corrected chi connectivity index (χ1v) is 9.20. The van der Waals surface area contributed by atoms with Crippen LogP contribution in [0.3, 0.4) is 0 Å². The zero-order valence-electron chi connectivity index (χ0n) is 15.1. The number of hydrogen-bond donors (Lipinski definition) is 1. The topological polar surface area (TPSA) is 50.5 Å². The number of aromatic nitrogens is 2. The molecule has 2 aliphatic rings. The molecule has 1 N–H and O–H groups in total. The minimum Gasteiger partial charge on any atom is -0.481 e. The maximum atomic E-state index is 11.3. The summed E-state index contributed by atoms with van der Waals surface area (Å²) < 4.78 is 7.49. The molecule has 0 spiro atoms. The fourth-order valence-electron chi connectivity index (χ4n) is 4.64. The van der Waals surface area contributed by atoms with Gasteiger partial charge >= 0.3 is 0 Å². The molecule has 2 aromatic rings. The van der Waals surface area contributed by atoms with Gasteiger partial charge in [-0.15, -0.1) is 6.42 Å². The third-order valence-corrected chi connectivity index (χ3v) is 5.74. The van der Waals surface area contributed by atoms with E-state index >= 15 is 0 Å². The van der Waals surface area contributed by atoms with Crippen LogP contribution < -0.4 is 4.74 Å². The van der Waals surface area contributed by atoms with E-state index in [9.17, 15) is 5.11 Å². The van der Waals surface area contributed by atoms with E-state index in [-0.39, 0.29) is 6.61 Å². The van der Waals surface area contributed by atoms with E-state index in [4.69, 9.17) is 11.2 Å². The van der Waals surface area contributed by atoms with Gasteiger partial charge in [-0.2, -0.15) is 0 Å². The number of imidazole rings is 1. The summed E-state index contributed by atoms with van der Waals surface area (Å²) in [7, 11) is 1.95. The van der Waals surface area contributed by atoms with Crippen molar-refractivity contribution in [2.24, 2.45) is 7.05 Å². The number of piperidine rings is 1. The summed E-state index contributed by atoms with van der Waals surface area (Å²) in [6.45, 7) is 1.16. The Balaban J connectivity index is 1.49. The van der Waals surface area contributed by atoms with Crippen molar-refractivity contribution in [1.29, 1.82) is 0 Å². The van der Waals surface area contributed by atoms with Gasteiger partial charge in [0.25, 0.3) is 0 Å². The maximum absolute atomic E-state index is 11.3. The minimum absolute atomic E-state index is 0.287. The monoisotopic (exact) mass is 351 g/mol. The lowest BCUT2D eigenvalue weighted by molar-refractivity contribution is -0.0669. The first-order valence-electron chi connectivity index (χ1n) is 9.20. The van der Waals surface area contributed by atoms with E-state index in [1.807, 2.05) is 29.9 Å². The number of fused-ring (bicyclic) bond motifs is 2. The summed E-state index contributed by atoms with van der Waals surface area (Å²) >= 11 is 0. The fraction of sp³-hybridized carbons (Fsp3) is 0.476. The second-order valence-corrected chi connectivity index (χ2v) is 7.50. The van der Waals surface area contributed by atoms with Crippen LogP contribution in [0.15, 0.2) is 36.7 Å². The van der Waals surface area contributed by atoms with E-state index in [1.54, 1.807) is 6.20 Å². The Kier molecular flexibility index (Phi) is 4.47. The predicted octanol–water partition coefficient (Wildman–Crippen LogP) is 2.45. The number of ether oxygens (including phenoxy) is 1. The van der Waals surface area contributed by atoms with Gasteiger partial charge in [-0.05, 0) is 43.4 Å². The first-order chi connectivity index (χ1) is 12.6. The number of nitrogens with zero attached hydrogens (tertiary/aromatic N) is 3. The molecule has 5 heteroatoms. The smallest absolute Gasteiger partial charge is 0.148 e. The van der Waals surface area contributed by atoms with Gasteiger partial charge in [0.05, 0.1) is 0 Å². The molecule has 3 heterocycles. The van der Waals surface area contributed by atoms with Crippen LogP contribution in [0.1, 0.15) is 37.1 Å². The lowest BCUT2D eigenvalue weighted by Gasteiger charge is -2.43. The first kappa shape index (κ1) is 17.1. The average Bonchev–Trinajstić information content (AvgIpc) is 3.16. The second-order valence-electron chi connectivity index (χ2n) is 7.50. The SMILES string of the molecule is C#CCOc1cccc(CN2[C@@H]3CC[C@@H]2CC(O)(c2nccn2C)C3)c1. The summed E-state index contributed by atoms with van der Waals surface area (Å²) in [5, 5.41) is 11.3. The van der Waals surface area contributed by atoms with Crippen LogP contribution in [0.5, 0.6) is 5.75 Å². The summed E-state index contributed by atoms with van der Waals surface area (Å²) in [4.78, 5) is 6.96. The zero-order chi connectivity index (χ0) is 18.1. The molecule has 0 aliphatic carbocycles. The van der Waals surface area contributed by atoms with Crippen LogP contribution in [-0.4, -0.2) is 38.2 Å². The molecule has 26 heavy (non-hydrogen) atoms. The van der Waals surface area contributed by atoms with Crippen molar-refractivity contribution in [2.45, 2.75) is 49.9 Å². The van der Waals surface area contributed by atoms with Gasteiger partial charge in [0, 0.05) is 38.1 Å². The Morgan fingerprint density at radius 2 is 2.12 bits per heavy atom. The molecule has 0 saturated carbocycles. The molecule has 2 aliphatic heterocycles. The number of rotatable bonds is 5. The highest BCUT2D eigenvalue weighted by atomic mass is 16.5. The summed E-state index contributed by atoms with van der Waals surface area (Å²) in [5.74, 6) is 4.10. The van der Waals surface area contributed by atoms with E-state index in [0.29, 0.717) is 12.1 Å². The lowest BCUT2D eigenvalue weighted by atomic mass is 9.85. The summed E-state index contributed by atoms with van der Waals surface area (Å²) in [5.41, 5.74) is 0.400. The van der Waals surface area contributed by atoms with Crippen molar-refractivity contribution in [3.63, 3.8) is 0 Å². The molecule has 2 fully saturated rings. The average molecular weight is 351 g/mol. The molecule has 1 aromatic heterocycles. The Bertz CT molecular complexity index is 809. The number of terminal acetylenes is 1. The van der Waals surface area contributed by atoms with E-state index < -0.39 is 5.60 Å². The fourth-order valence-corrected chi connectivity index (χ4v) is 4.64. The molecule has 136 valence electrons. The van der Waals surface area contributed by atoms with Crippen LogP contribution in [0.25, 0.3) is 0 Å². The summed E-state index contributed by atoms with van der Waals surface area (Å²) in [6.07, 6.45) is 12.7. The molecule has 0 radical (unpaired) electrons. The van der Waals surface area contributed by atoms with Gasteiger partial charge in [-0.3, -0.25) is 4.90 Å². The van der Waals surface area contributed by atoms with Crippen LogP contribution in [0, 0.1) is 12.3 Å². The van der Waals surface area contributed by atoms with Crippen LogP contribution in [0.4, 0.5) is 0 Å². The van der Waals surface area contributed by atoms with Crippen LogP contribution >= 0.6 is 0 Å². The number of aryl methyl sites for hydroxylation is 1. The van der Waals surface area contributed by atoms with E-state index in [0.717, 1.165) is 43.8 Å². The molecule has 2 atom stereocenters. The van der Waals surface area contributed by atoms with Crippen LogP contribution in [-0.2, 0) is 19.2 Å². The highest BCUT2D eigenvalue weighted by Gasteiger charge is 2.49. The third kappa shape index (κ3) is 3.11. The number of hydrogen-bond acceptors (Lipinski definition) is 4. The summed E-state index contributed by atoms with van der Waals surface area (Å²) in [6, 6.07) is 8.90. The molecule has 0 amide bonds. The van der Waals surface area contributed by atoms with Gasteiger partial charge in [0.15, 0.2) is 0 Å². The highest BCUT2D eigenvalue weighted by molar-refractivity contribution is 5.29. The molecule has 2 bridgehead atoms. The van der Waals surface area contributed by atoms with Crippen molar-refractivity contribution < 1.29 is 9.84 Å². The lowest BCUT2D eigenvalue weighted by Crippen LogP contribution is -2.50. The van der Waals surface area contributed by atoms with Gasteiger partial charge < -0.3 is 14.4 Å². The van der Waals surface area contributed by atoms with Crippen molar-refractivity contribution in [3.05, 3.63) is 48.0 Å². The standard InChI is InChI=1S/C21H25N3O2/c1-3-11-26-19-6-4-5-16(12-19)15-24-17-7-8-18(24)14-21(25,13-17)20-22-9-10-23(20)2/h1,4-6,9-10,12,17-18,25H,7-8,11,13-15H2,2H3/t17-,18-/m1/s1. The van der Waals surface area contributed by atoms with Crippen molar-refractivity contribution in [3.8, 4) is 18.1 Å². The Hall–Kier alpha value is -2.29. The Labute approximate surface area is 154 Å². The van der Waals surface area contributed by atoms with Crippen molar-refractivity contribution in [2.75, 3.05) is 6.61 Å². The zero-order valence-corrected chi connectivity index (χ0v) is 15.1. The maximum Gasteiger partial charge on any atom is 0.148 e. The Morgan fingerprint density at radius 3 is 2.77 bits per heavy atom. The van der Waals surface area contributed by atoms with Gasteiger partial charge in [0.2, 0.25) is 0 Å². The van der Waals surface area contributed by atoms with Gasteiger partial charge in [-0.1, -0.05) is 18.1 Å². The molecule has 1 aromatic carbocycles. The minimum atomic E-state index is -0.821. The normalized spacial score (nSPS) is 28.0. The predicted molar refractivity (Wildman–Crippen MR) is 99.5 cm³/mol. The highest BCUT2D eigenvalue weighted by Crippen LogP contribution is 2.45. The quantitative estimate of drug-likeness (QED) is 0.841. The van der Waals surface area contributed by atoms with Gasteiger partial charge in [0.1, 0.15) is 23.8 Å². The Morgan fingerprint density at radius 1 is 1.35 bits per heavy atom. The van der Waals surface area contributed by atoms with Gasteiger partial charge in [-0.25, -0.2) is 4.98 Å². The molecule has 0 unspecified atom stereocenters. The largest absolute Gasteiger partial charge is 0.481 e. The van der Waals surface area contributed by atoms with Crippen molar-refractivity contribution in [1.82, 2.24) is 14.5 Å². The second kappa shape index (κ2) is 6.79. The number of benzene rings is 1. The van der Waals surface area contributed by atoms with Crippen LogP contribution in [0.2, 0.25) is 0 Å².